The number of benzene rings is 1. The summed E-state index contributed by atoms with van der Waals surface area (Å²) < 4.78 is 25.9. The van der Waals surface area contributed by atoms with Gasteiger partial charge in [-0.25, -0.2) is 0 Å². The number of hydrogen-bond acceptors (Lipinski definition) is 3. The molecule has 0 saturated carbocycles. The normalized spacial score (nSPS) is 12.7. The summed E-state index contributed by atoms with van der Waals surface area (Å²) in [4.78, 5) is 2.15. The molecule has 1 N–H and O–H groups in total. The fourth-order valence-corrected chi connectivity index (χ4v) is 6.69. The third kappa shape index (κ3) is 9.29. The maximum atomic E-state index is 9.19. The zero-order chi connectivity index (χ0) is 18.6. The van der Waals surface area contributed by atoms with Crippen LogP contribution in [0.25, 0.3) is 0 Å². The first-order chi connectivity index (χ1) is 10.0. The molecular formula is C17H32NO3PS. The highest BCUT2D eigenvalue weighted by atomic mass is 32.2. The van der Waals surface area contributed by atoms with Crippen molar-refractivity contribution in [2.24, 2.45) is 0 Å². The monoisotopic (exact) mass is 361 g/mol. The van der Waals surface area contributed by atoms with E-state index in [1.165, 1.54) is 11.0 Å². The van der Waals surface area contributed by atoms with Gasteiger partial charge in [-0.2, -0.15) is 8.42 Å². The average Bonchev–Trinajstić information content (AvgIpc) is 2.23. The molecule has 0 heterocycles. The maximum absolute atomic E-state index is 9.19. The van der Waals surface area contributed by atoms with Crippen LogP contribution in [0.4, 0.5) is 5.69 Å². The molecule has 0 bridgehead atoms. The predicted molar refractivity (Wildman–Crippen MR) is 104 cm³/mol. The number of anilines is 1. The van der Waals surface area contributed by atoms with Crippen LogP contribution >= 0.6 is 7.92 Å². The minimum atomic E-state index is -3.67. The third-order valence-corrected chi connectivity index (χ3v) is 6.46. The predicted octanol–water partition coefficient (Wildman–Crippen LogP) is 3.96. The van der Waals surface area contributed by atoms with Crippen molar-refractivity contribution in [2.45, 2.75) is 51.9 Å². The molecule has 0 atom stereocenters. The topological polar surface area (TPSA) is 57.6 Å². The van der Waals surface area contributed by atoms with Gasteiger partial charge in [0.15, 0.2) is 0 Å². The standard InChI is InChI=1S/C16H28NP.CH4O3S/c1-15(2,3)18(16(4,5)6)14-11-9-13(10-12-14)17(7)8;1-5(2,3)4/h9-12H,1-8H3;1H3,(H,2,3,4). The first kappa shape index (κ1) is 22.4. The molecular weight excluding hydrogens is 329 g/mol. The van der Waals surface area contributed by atoms with Gasteiger partial charge >= 0.3 is 0 Å². The average molecular weight is 361 g/mol. The lowest BCUT2D eigenvalue weighted by molar-refractivity contribution is 0.490. The highest BCUT2D eigenvalue weighted by molar-refractivity contribution is 7.85. The maximum Gasteiger partial charge on any atom is 0.261 e. The largest absolute Gasteiger partial charge is 0.378 e. The second-order valence-corrected chi connectivity index (χ2v) is 13.2. The highest BCUT2D eigenvalue weighted by Gasteiger charge is 2.35. The van der Waals surface area contributed by atoms with Crippen molar-refractivity contribution in [3.05, 3.63) is 24.3 Å². The van der Waals surface area contributed by atoms with Gasteiger partial charge in [-0.3, -0.25) is 4.55 Å². The first-order valence-electron chi connectivity index (χ1n) is 7.53. The van der Waals surface area contributed by atoms with Gasteiger partial charge in [-0.15, -0.1) is 0 Å². The van der Waals surface area contributed by atoms with E-state index in [9.17, 15) is 8.42 Å². The van der Waals surface area contributed by atoms with E-state index in [-0.39, 0.29) is 7.92 Å². The van der Waals surface area contributed by atoms with Gasteiger partial charge in [0, 0.05) is 19.8 Å². The molecule has 0 fully saturated rings. The molecule has 23 heavy (non-hydrogen) atoms. The SMILES string of the molecule is CN(C)c1ccc(P(C(C)(C)C)C(C)(C)C)cc1.CS(=O)(=O)O. The Bertz CT molecular complexity index is 560. The van der Waals surface area contributed by atoms with Crippen molar-refractivity contribution in [1.82, 2.24) is 0 Å². The summed E-state index contributed by atoms with van der Waals surface area (Å²) in [7, 11) is 0.323. The van der Waals surface area contributed by atoms with Crippen LogP contribution in [-0.2, 0) is 10.1 Å². The van der Waals surface area contributed by atoms with Crippen LogP contribution in [0.15, 0.2) is 24.3 Å². The molecule has 0 aliphatic rings. The Morgan fingerprint density at radius 1 is 0.913 bits per heavy atom. The smallest absolute Gasteiger partial charge is 0.261 e. The summed E-state index contributed by atoms with van der Waals surface area (Å²) in [5.41, 5.74) is 1.27. The van der Waals surface area contributed by atoms with Gasteiger partial charge in [-0.05, 0) is 27.7 Å². The van der Waals surface area contributed by atoms with E-state index >= 15 is 0 Å². The van der Waals surface area contributed by atoms with Crippen molar-refractivity contribution in [1.29, 1.82) is 0 Å². The molecule has 1 aromatic carbocycles. The molecule has 0 unspecified atom stereocenters. The van der Waals surface area contributed by atoms with Crippen molar-refractivity contribution < 1.29 is 13.0 Å². The molecule has 4 nitrogen and oxygen atoms in total. The lowest BCUT2D eigenvalue weighted by atomic mass is 10.2. The number of nitrogens with zero attached hydrogens (tertiary/aromatic N) is 1. The molecule has 0 spiro atoms. The zero-order valence-corrected chi connectivity index (χ0v) is 17.6. The second-order valence-electron chi connectivity index (χ2n) is 7.82. The Kier molecular flexibility index (Phi) is 7.73. The van der Waals surface area contributed by atoms with Crippen LogP contribution in [0.2, 0.25) is 0 Å². The minimum Gasteiger partial charge on any atom is -0.378 e. The van der Waals surface area contributed by atoms with Gasteiger partial charge in [-0.1, -0.05) is 61.6 Å². The Morgan fingerprint density at radius 3 is 1.43 bits per heavy atom. The van der Waals surface area contributed by atoms with E-state index in [1.807, 2.05) is 0 Å². The highest BCUT2D eigenvalue weighted by Crippen LogP contribution is 2.58. The van der Waals surface area contributed by atoms with E-state index in [1.54, 1.807) is 0 Å². The van der Waals surface area contributed by atoms with Gasteiger partial charge in [0.2, 0.25) is 0 Å². The quantitative estimate of drug-likeness (QED) is 0.640. The first-order valence-corrected chi connectivity index (χ1v) is 10.7. The molecule has 6 heteroatoms. The fourth-order valence-electron chi connectivity index (χ4n) is 2.68. The summed E-state index contributed by atoms with van der Waals surface area (Å²) in [5.74, 6) is 0. The van der Waals surface area contributed by atoms with Gasteiger partial charge in [0.05, 0.1) is 6.26 Å². The van der Waals surface area contributed by atoms with Crippen LogP contribution in [0.5, 0.6) is 0 Å². The van der Waals surface area contributed by atoms with E-state index in [2.05, 4.69) is 84.8 Å². The van der Waals surface area contributed by atoms with E-state index in [0.29, 0.717) is 16.6 Å². The molecule has 0 aromatic heterocycles. The molecule has 0 saturated heterocycles. The van der Waals surface area contributed by atoms with Crippen LogP contribution in [0.3, 0.4) is 0 Å². The summed E-state index contributed by atoms with van der Waals surface area (Å²) in [6.07, 6.45) is 0.715. The van der Waals surface area contributed by atoms with Crippen LogP contribution in [0.1, 0.15) is 41.5 Å². The lowest BCUT2D eigenvalue weighted by Gasteiger charge is -2.41. The summed E-state index contributed by atoms with van der Waals surface area (Å²) in [5, 5.41) is 2.19. The van der Waals surface area contributed by atoms with Crippen molar-refractivity contribution in [3.63, 3.8) is 0 Å². The summed E-state index contributed by atoms with van der Waals surface area (Å²) >= 11 is 0. The molecule has 0 aliphatic carbocycles. The van der Waals surface area contributed by atoms with Crippen molar-refractivity contribution in [2.75, 3.05) is 25.3 Å². The second kappa shape index (κ2) is 7.96. The van der Waals surface area contributed by atoms with Crippen LogP contribution in [-0.4, -0.2) is 43.6 Å². The molecule has 1 aromatic rings. The fraction of sp³-hybridized carbons (Fsp3) is 0.647. The van der Waals surface area contributed by atoms with Crippen molar-refractivity contribution >= 4 is 29.0 Å². The summed E-state index contributed by atoms with van der Waals surface area (Å²) in [6, 6.07) is 9.11. The van der Waals surface area contributed by atoms with E-state index in [4.69, 9.17) is 4.55 Å². The van der Waals surface area contributed by atoms with E-state index in [0.717, 1.165) is 0 Å². The molecule has 134 valence electrons. The Labute approximate surface area is 143 Å². The molecule has 0 amide bonds. The molecule has 1 rings (SSSR count). The minimum absolute atomic E-state index is 0.188. The third-order valence-electron chi connectivity index (χ3n) is 2.97. The van der Waals surface area contributed by atoms with Crippen LogP contribution in [0, 0.1) is 0 Å². The zero-order valence-electron chi connectivity index (χ0n) is 15.9. The number of hydrogen-bond donors (Lipinski definition) is 1. The van der Waals surface area contributed by atoms with Gasteiger partial charge < -0.3 is 4.90 Å². The Balaban J connectivity index is 0.000000841. The molecule has 0 radical (unpaired) electrons. The van der Waals surface area contributed by atoms with Crippen molar-refractivity contribution in [3.8, 4) is 0 Å². The van der Waals surface area contributed by atoms with E-state index < -0.39 is 10.1 Å². The lowest BCUT2D eigenvalue weighted by Crippen LogP contribution is -2.31. The Morgan fingerprint density at radius 2 is 1.22 bits per heavy atom. The van der Waals surface area contributed by atoms with Gasteiger partial charge in [0.1, 0.15) is 0 Å². The summed E-state index contributed by atoms with van der Waals surface area (Å²) in [6.45, 7) is 14.2. The van der Waals surface area contributed by atoms with Crippen LogP contribution < -0.4 is 10.2 Å². The molecule has 0 aliphatic heterocycles. The number of rotatable bonds is 2. The van der Waals surface area contributed by atoms with Gasteiger partial charge in [0.25, 0.3) is 10.1 Å². The Hall–Kier alpha value is -0.640.